The molecule has 1 heterocycles. The van der Waals surface area contributed by atoms with Crippen LogP contribution in [0.3, 0.4) is 0 Å². The maximum absolute atomic E-state index is 13.0. The minimum absolute atomic E-state index is 0.131. The minimum atomic E-state index is -3.88. The number of sulfonamides is 1. The third-order valence-electron chi connectivity index (χ3n) is 5.23. The summed E-state index contributed by atoms with van der Waals surface area (Å²) in [6, 6.07) is 15.0. The highest BCUT2D eigenvalue weighted by Gasteiger charge is 2.29. The second kappa shape index (κ2) is 9.64. The number of hydrogen-bond donors (Lipinski definition) is 2. The van der Waals surface area contributed by atoms with Crippen molar-refractivity contribution in [2.24, 2.45) is 5.92 Å². The standard InChI is InChI=1S/C23H29N3O4S/c1-16(2)22(23(27)24-15-20(26(3)4)21-10-7-13-30-21)25-31(28,29)19-12-11-17-8-5-6-9-18(17)14-19/h5-14,16,20,22,25H,15H2,1-4H3,(H,24,27). The molecule has 7 nitrogen and oxygen atoms in total. The fourth-order valence-electron chi connectivity index (χ4n) is 3.39. The van der Waals surface area contributed by atoms with Gasteiger partial charge in [0.1, 0.15) is 11.8 Å². The molecule has 2 aromatic carbocycles. The zero-order valence-electron chi connectivity index (χ0n) is 18.2. The summed E-state index contributed by atoms with van der Waals surface area (Å²) in [6.07, 6.45) is 1.59. The number of hydrogen-bond acceptors (Lipinski definition) is 5. The van der Waals surface area contributed by atoms with Crippen LogP contribution in [0.2, 0.25) is 0 Å². The first-order valence-corrected chi connectivity index (χ1v) is 11.7. The van der Waals surface area contributed by atoms with Crippen LogP contribution in [0.1, 0.15) is 25.6 Å². The number of carbonyl (C=O) groups is 1. The predicted octanol–water partition coefficient (Wildman–Crippen LogP) is 3.15. The lowest BCUT2D eigenvalue weighted by Crippen LogP contribution is -2.50. The molecule has 166 valence electrons. The van der Waals surface area contributed by atoms with Gasteiger partial charge >= 0.3 is 0 Å². The van der Waals surface area contributed by atoms with Crippen LogP contribution in [0.4, 0.5) is 0 Å². The largest absolute Gasteiger partial charge is 0.468 e. The van der Waals surface area contributed by atoms with Crippen molar-refractivity contribution >= 4 is 26.7 Å². The Balaban J connectivity index is 1.75. The van der Waals surface area contributed by atoms with E-state index >= 15 is 0 Å². The summed E-state index contributed by atoms with van der Waals surface area (Å²) in [6.45, 7) is 3.91. The number of rotatable bonds is 9. The van der Waals surface area contributed by atoms with Crippen molar-refractivity contribution < 1.29 is 17.6 Å². The molecule has 0 aliphatic heterocycles. The van der Waals surface area contributed by atoms with Gasteiger partial charge in [-0.15, -0.1) is 0 Å². The molecule has 1 aromatic heterocycles. The molecule has 0 saturated carbocycles. The molecule has 2 atom stereocenters. The topological polar surface area (TPSA) is 91.6 Å². The Morgan fingerprint density at radius 3 is 2.35 bits per heavy atom. The van der Waals surface area contributed by atoms with E-state index in [9.17, 15) is 13.2 Å². The van der Waals surface area contributed by atoms with Crippen molar-refractivity contribution in [3.63, 3.8) is 0 Å². The maximum atomic E-state index is 13.0. The van der Waals surface area contributed by atoms with E-state index in [2.05, 4.69) is 10.0 Å². The lowest BCUT2D eigenvalue weighted by molar-refractivity contribution is -0.123. The normalized spacial score (nSPS) is 14.1. The summed E-state index contributed by atoms with van der Waals surface area (Å²) in [5, 5.41) is 4.64. The summed E-state index contributed by atoms with van der Waals surface area (Å²) in [7, 11) is -0.0977. The molecule has 0 saturated heterocycles. The molecule has 0 spiro atoms. The van der Waals surface area contributed by atoms with Crippen LogP contribution < -0.4 is 10.0 Å². The van der Waals surface area contributed by atoms with Gasteiger partial charge in [0.2, 0.25) is 15.9 Å². The number of fused-ring (bicyclic) bond motifs is 1. The molecule has 3 aromatic rings. The first-order valence-electron chi connectivity index (χ1n) is 10.2. The number of carbonyl (C=O) groups excluding carboxylic acids is 1. The van der Waals surface area contributed by atoms with Crippen LogP contribution in [-0.4, -0.2) is 45.9 Å². The molecule has 3 rings (SSSR count). The Morgan fingerprint density at radius 1 is 1.03 bits per heavy atom. The Hall–Kier alpha value is -2.68. The SMILES string of the molecule is CC(C)C(NS(=O)(=O)c1ccc2ccccc2c1)C(=O)NCC(c1ccco1)N(C)C. The quantitative estimate of drug-likeness (QED) is 0.530. The van der Waals surface area contributed by atoms with Gasteiger partial charge < -0.3 is 9.73 Å². The summed E-state index contributed by atoms with van der Waals surface area (Å²) in [4.78, 5) is 15.0. The van der Waals surface area contributed by atoms with Crippen molar-refractivity contribution in [3.05, 3.63) is 66.6 Å². The van der Waals surface area contributed by atoms with Crippen LogP contribution in [0.15, 0.2) is 70.2 Å². The lowest BCUT2D eigenvalue weighted by atomic mass is 10.0. The van der Waals surface area contributed by atoms with Crippen LogP contribution in [-0.2, 0) is 14.8 Å². The molecular weight excluding hydrogens is 414 g/mol. The summed E-state index contributed by atoms with van der Waals surface area (Å²) in [5.74, 6) is 0.109. The van der Waals surface area contributed by atoms with Crippen LogP contribution in [0, 0.1) is 5.92 Å². The van der Waals surface area contributed by atoms with Crippen LogP contribution >= 0.6 is 0 Å². The van der Waals surface area contributed by atoms with Crippen LogP contribution in [0.5, 0.6) is 0 Å². The highest BCUT2D eigenvalue weighted by Crippen LogP contribution is 2.20. The Kier molecular flexibility index (Phi) is 7.15. The van der Waals surface area contributed by atoms with Crippen molar-refractivity contribution in [1.82, 2.24) is 14.9 Å². The fourth-order valence-corrected chi connectivity index (χ4v) is 4.77. The molecule has 0 bridgehead atoms. The molecule has 0 aliphatic carbocycles. The molecule has 8 heteroatoms. The van der Waals surface area contributed by atoms with Crippen molar-refractivity contribution in [1.29, 1.82) is 0 Å². The first kappa shape index (κ1) is 23.0. The number of benzene rings is 2. The van der Waals surface area contributed by atoms with Gasteiger partial charge in [0.15, 0.2) is 0 Å². The maximum Gasteiger partial charge on any atom is 0.241 e. The van der Waals surface area contributed by atoms with Gasteiger partial charge in [-0.2, -0.15) is 4.72 Å². The Morgan fingerprint density at radius 2 is 1.74 bits per heavy atom. The average Bonchev–Trinajstić information content (AvgIpc) is 3.25. The molecule has 1 amide bonds. The smallest absolute Gasteiger partial charge is 0.241 e. The van der Waals surface area contributed by atoms with Gasteiger partial charge in [-0.1, -0.05) is 44.2 Å². The van der Waals surface area contributed by atoms with E-state index in [-0.39, 0.29) is 22.8 Å². The third-order valence-corrected chi connectivity index (χ3v) is 6.67. The predicted molar refractivity (Wildman–Crippen MR) is 121 cm³/mol. The average molecular weight is 444 g/mol. The van der Waals surface area contributed by atoms with E-state index in [1.54, 1.807) is 30.5 Å². The fraction of sp³-hybridized carbons (Fsp3) is 0.348. The van der Waals surface area contributed by atoms with E-state index < -0.39 is 16.1 Å². The summed E-state index contributed by atoms with van der Waals surface area (Å²) >= 11 is 0. The van der Waals surface area contributed by atoms with Crippen molar-refractivity contribution in [2.75, 3.05) is 20.6 Å². The van der Waals surface area contributed by atoms with Gasteiger partial charge in [-0.05, 0) is 55.1 Å². The van der Waals surface area contributed by atoms with E-state index in [0.29, 0.717) is 6.54 Å². The summed E-state index contributed by atoms with van der Waals surface area (Å²) in [5.41, 5.74) is 0. The van der Waals surface area contributed by atoms with Crippen LogP contribution in [0.25, 0.3) is 10.8 Å². The zero-order valence-corrected chi connectivity index (χ0v) is 19.0. The van der Waals surface area contributed by atoms with Gasteiger partial charge in [-0.25, -0.2) is 8.42 Å². The highest BCUT2D eigenvalue weighted by molar-refractivity contribution is 7.89. The molecule has 2 N–H and O–H groups in total. The van der Waals surface area contributed by atoms with E-state index in [0.717, 1.165) is 16.5 Å². The van der Waals surface area contributed by atoms with E-state index in [1.807, 2.05) is 63.2 Å². The minimum Gasteiger partial charge on any atom is -0.468 e. The van der Waals surface area contributed by atoms with Crippen molar-refractivity contribution in [2.45, 2.75) is 30.8 Å². The van der Waals surface area contributed by atoms with Gasteiger partial charge in [0, 0.05) is 6.54 Å². The molecule has 0 aliphatic rings. The lowest BCUT2D eigenvalue weighted by Gasteiger charge is -2.26. The number of likely N-dealkylation sites (N-methyl/N-ethyl adjacent to an activating group) is 1. The third kappa shape index (κ3) is 5.52. The van der Waals surface area contributed by atoms with E-state index in [4.69, 9.17) is 4.42 Å². The molecule has 0 radical (unpaired) electrons. The first-order chi connectivity index (χ1) is 14.7. The second-order valence-corrected chi connectivity index (χ2v) is 9.81. The van der Waals surface area contributed by atoms with Gasteiger partial charge in [-0.3, -0.25) is 9.69 Å². The molecule has 0 fully saturated rings. The number of amides is 1. The van der Waals surface area contributed by atoms with E-state index in [1.165, 1.54) is 0 Å². The molecule has 31 heavy (non-hydrogen) atoms. The number of nitrogens with zero attached hydrogens (tertiary/aromatic N) is 1. The zero-order chi connectivity index (χ0) is 22.6. The number of furan rings is 1. The van der Waals surface area contributed by atoms with Gasteiger partial charge in [0.25, 0.3) is 0 Å². The summed E-state index contributed by atoms with van der Waals surface area (Å²) < 4.78 is 34.1. The van der Waals surface area contributed by atoms with Gasteiger partial charge in [0.05, 0.1) is 17.2 Å². The molecule has 2 unspecified atom stereocenters. The number of nitrogens with one attached hydrogen (secondary N) is 2. The van der Waals surface area contributed by atoms with Crippen molar-refractivity contribution in [3.8, 4) is 0 Å². The second-order valence-electron chi connectivity index (χ2n) is 8.09. The highest BCUT2D eigenvalue weighted by atomic mass is 32.2. The monoisotopic (exact) mass is 443 g/mol. The Labute approximate surface area is 183 Å². The molecular formula is C23H29N3O4S. The Bertz CT molecular complexity index is 1120.